The molecule has 2 aromatic rings. The molecule has 86 valence electrons. The van der Waals surface area contributed by atoms with Crippen LogP contribution in [0.5, 0.6) is 0 Å². The molecule has 2 heterocycles. The van der Waals surface area contributed by atoms with E-state index in [1.165, 1.54) is 4.68 Å². The van der Waals surface area contributed by atoms with Gasteiger partial charge in [0.1, 0.15) is 11.5 Å². The van der Waals surface area contributed by atoms with Crippen molar-refractivity contribution in [2.75, 3.05) is 11.6 Å². The number of hydrogen-bond donors (Lipinski definition) is 2. The molecule has 0 spiro atoms. The zero-order chi connectivity index (χ0) is 11.7. The first-order valence-electron chi connectivity index (χ1n) is 5.24. The summed E-state index contributed by atoms with van der Waals surface area (Å²) in [5.41, 5.74) is 7.51. The number of nitrogens with two attached hydrogens (primary N) is 2. The van der Waals surface area contributed by atoms with Gasteiger partial charge in [-0.25, -0.2) is 9.66 Å². The lowest BCUT2D eigenvalue weighted by Crippen LogP contribution is -2.15. The third-order valence-electron chi connectivity index (χ3n) is 2.47. The minimum Gasteiger partial charge on any atom is -0.382 e. The van der Waals surface area contributed by atoms with Crippen LogP contribution in [-0.2, 0) is 13.5 Å². The number of hydrogen-bond acceptors (Lipinski definition) is 4. The molecule has 2 rings (SSSR count). The number of aromatic nitrogens is 4. The predicted molar refractivity (Wildman–Crippen MR) is 63.0 cm³/mol. The molecule has 6 heteroatoms. The van der Waals surface area contributed by atoms with Crippen molar-refractivity contribution in [1.82, 2.24) is 19.4 Å². The van der Waals surface area contributed by atoms with Crippen LogP contribution in [0.4, 0.5) is 5.82 Å². The Morgan fingerprint density at radius 1 is 1.44 bits per heavy atom. The van der Waals surface area contributed by atoms with Gasteiger partial charge in [0, 0.05) is 25.2 Å². The molecule has 0 saturated carbocycles. The second kappa shape index (κ2) is 3.88. The highest BCUT2D eigenvalue weighted by Gasteiger charge is 2.14. The molecule has 2 aromatic heterocycles. The van der Waals surface area contributed by atoms with Crippen molar-refractivity contribution >= 4 is 5.82 Å². The van der Waals surface area contributed by atoms with Crippen LogP contribution < -0.4 is 11.6 Å². The van der Waals surface area contributed by atoms with Crippen molar-refractivity contribution in [2.45, 2.75) is 19.8 Å². The molecule has 6 nitrogen and oxygen atoms in total. The molecule has 16 heavy (non-hydrogen) atoms. The average molecular weight is 220 g/mol. The minimum absolute atomic E-state index is 0.483. The highest BCUT2D eigenvalue weighted by molar-refractivity contribution is 5.69. The van der Waals surface area contributed by atoms with Crippen LogP contribution in [0.3, 0.4) is 0 Å². The van der Waals surface area contributed by atoms with E-state index in [1.807, 2.05) is 13.2 Å². The van der Waals surface area contributed by atoms with Crippen LogP contribution in [0.25, 0.3) is 11.3 Å². The molecule has 0 aliphatic heterocycles. The van der Waals surface area contributed by atoms with Gasteiger partial charge in [0.15, 0.2) is 5.82 Å². The summed E-state index contributed by atoms with van der Waals surface area (Å²) < 4.78 is 3.16. The first kappa shape index (κ1) is 10.5. The molecule has 4 N–H and O–H groups in total. The van der Waals surface area contributed by atoms with E-state index in [2.05, 4.69) is 17.0 Å². The molecular weight excluding hydrogens is 204 g/mol. The van der Waals surface area contributed by atoms with E-state index < -0.39 is 0 Å². The standard InChI is InChI=1S/C10H16N6/c1-3-4-8-14-9(10(11)16(8)12)7-5-13-15(2)6-7/h5-6H,3-4,11-12H2,1-2H3. The van der Waals surface area contributed by atoms with E-state index in [4.69, 9.17) is 11.6 Å². The van der Waals surface area contributed by atoms with E-state index >= 15 is 0 Å². The lowest BCUT2D eigenvalue weighted by molar-refractivity contribution is 0.768. The average Bonchev–Trinajstić information content (AvgIpc) is 2.78. The summed E-state index contributed by atoms with van der Waals surface area (Å²) >= 11 is 0. The maximum atomic E-state index is 5.91. The third-order valence-corrected chi connectivity index (χ3v) is 2.47. The Bertz CT molecular complexity index is 495. The maximum Gasteiger partial charge on any atom is 0.150 e. The number of nitrogen functional groups attached to an aromatic ring is 2. The molecule has 0 aromatic carbocycles. The number of aryl methyl sites for hydroxylation is 2. The van der Waals surface area contributed by atoms with Crippen molar-refractivity contribution in [3.8, 4) is 11.3 Å². The summed E-state index contributed by atoms with van der Waals surface area (Å²) in [6.45, 7) is 2.08. The zero-order valence-corrected chi connectivity index (χ0v) is 9.51. The number of anilines is 1. The maximum absolute atomic E-state index is 5.91. The molecule has 0 atom stereocenters. The van der Waals surface area contributed by atoms with Gasteiger partial charge < -0.3 is 11.6 Å². The lowest BCUT2D eigenvalue weighted by Gasteiger charge is -1.99. The third kappa shape index (κ3) is 1.62. The van der Waals surface area contributed by atoms with Gasteiger partial charge in [-0.2, -0.15) is 5.10 Å². The second-order valence-corrected chi connectivity index (χ2v) is 3.78. The number of rotatable bonds is 3. The van der Waals surface area contributed by atoms with E-state index in [9.17, 15) is 0 Å². The Kier molecular flexibility index (Phi) is 2.55. The Hall–Kier alpha value is -1.98. The molecule has 0 bridgehead atoms. The predicted octanol–water partition coefficient (Wildman–Crippen LogP) is 0.532. The van der Waals surface area contributed by atoms with Crippen molar-refractivity contribution in [3.05, 3.63) is 18.2 Å². The van der Waals surface area contributed by atoms with Gasteiger partial charge in [-0.15, -0.1) is 0 Å². The molecule has 0 unspecified atom stereocenters. The van der Waals surface area contributed by atoms with Crippen molar-refractivity contribution in [1.29, 1.82) is 0 Å². The Morgan fingerprint density at radius 2 is 2.19 bits per heavy atom. The number of nitrogens with zero attached hydrogens (tertiary/aromatic N) is 4. The van der Waals surface area contributed by atoms with Crippen LogP contribution in [0.1, 0.15) is 19.2 Å². The van der Waals surface area contributed by atoms with Crippen molar-refractivity contribution < 1.29 is 0 Å². The van der Waals surface area contributed by atoms with Gasteiger partial charge in [-0.3, -0.25) is 4.68 Å². The summed E-state index contributed by atoms with van der Waals surface area (Å²) in [7, 11) is 1.85. The van der Waals surface area contributed by atoms with Crippen LogP contribution in [0.2, 0.25) is 0 Å². The van der Waals surface area contributed by atoms with Gasteiger partial charge in [0.2, 0.25) is 0 Å². The van der Waals surface area contributed by atoms with E-state index in [-0.39, 0.29) is 0 Å². The SMILES string of the molecule is CCCc1nc(-c2cnn(C)c2)c(N)n1N. The van der Waals surface area contributed by atoms with E-state index in [0.717, 1.165) is 24.2 Å². The smallest absolute Gasteiger partial charge is 0.150 e. The van der Waals surface area contributed by atoms with Gasteiger partial charge >= 0.3 is 0 Å². The van der Waals surface area contributed by atoms with Gasteiger partial charge in [0.05, 0.1) is 6.20 Å². The first-order valence-corrected chi connectivity index (χ1v) is 5.24. The van der Waals surface area contributed by atoms with Crippen LogP contribution in [0, 0.1) is 0 Å². The lowest BCUT2D eigenvalue weighted by atomic mass is 10.2. The summed E-state index contributed by atoms with van der Waals surface area (Å²) in [5.74, 6) is 7.12. The monoisotopic (exact) mass is 220 g/mol. The summed E-state index contributed by atoms with van der Waals surface area (Å²) in [4.78, 5) is 4.44. The first-order chi connectivity index (χ1) is 7.63. The summed E-state index contributed by atoms with van der Waals surface area (Å²) in [6, 6.07) is 0. The van der Waals surface area contributed by atoms with Crippen LogP contribution in [0.15, 0.2) is 12.4 Å². The fourth-order valence-electron chi connectivity index (χ4n) is 1.65. The molecular formula is C10H16N6. The Morgan fingerprint density at radius 3 is 2.75 bits per heavy atom. The molecule has 0 aliphatic rings. The summed E-state index contributed by atoms with van der Waals surface area (Å²) in [6.07, 6.45) is 5.41. The zero-order valence-electron chi connectivity index (χ0n) is 9.51. The molecule has 0 saturated heterocycles. The highest BCUT2D eigenvalue weighted by Crippen LogP contribution is 2.24. The van der Waals surface area contributed by atoms with Gasteiger partial charge in [-0.05, 0) is 6.42 Å². The molecule has 0 radical (unpaired) electrons. The van der Waals surface area contributed by atoms with E-state index in [1.54, 1.807) is 10.9 Å². The summed E-state index contributed by atoms with van der Waals surface area (Å²) in [5, 5.41) is 4.09. The molecule has 0 amide bonds. The second-order valence-electron chi connectivity index (χ2n) is 3.78. The topological polar surface area (TPSA) is 87.7 Å². The fourth-order valence-corrected chi connectivity index (χ4v) is 1.65. The van der Waals surface area contributed by atoms with Gasteiger partial charge in [0.25, 0.3) is 0 Å². The number of imidazole rings is 1. The molecule has 0 aliphatic carbocycles. The molecule has 0 fully saturated rings. The highest BCUT2D eigenvalue weighted by atomic mass is 15.4. The van der Waals surface area contributed by atoms with Gasteiger partial charge in [-0.1, -0.05) is 6.92 Å². The van der Waals surface area contributed by atoms with E-state index in [0.29, 0.717) is 11.5 Å². The van der Waals surface area contributed by atoms with Crippen LogP contribution in [-0.4, -0.2) is 19.4 Å². The van der Waals surface area contributed by atoms with Crippen LogP contribution >= 0.6 is 0 Å². The fraction of sp³-hybridized carbons (Fsp3) is 0.400. The minimum atomic E-state index is 0.483. The Balaban J connectivity index is 2.45. The quantitative estimate of drug-likeness (QED) is 0.739. The van der Waals surface area contributed by atoms with Crippen molar-refractivity contribution in [2.24, 2.45) is 7.05 Å². The Labute approximate surface area is 93.8 Å². The largest absolute Gasteiger partial charge is 0.382 e. The normalized spacial score (nSPS) is 10.9. The van der Waals surface area contributed by atoms with Crippen molar-refractivity contribution in [3.63, 3.8) is 0 Å².